The van der Waals surface area contributed by atoms with Crippen molar-refractivity contribution in [2.75, 3.05) is 6.54 Å². The summed E-state index contributed by atoms with van der Waals surface area (Å²) in [7, 11) is 3.13. The van der Waals surface area contributed by atoms with Gasteiger partial charge in [0.1, 0.15) is 0 Å². The van der Waals surface area contributed by atoms with Gasteiger partial charge in [-0.05, 0) is 19.4 Å². The summed E-state index contributed by atoms with van der Waals surface area (Å²) in [4.78, 5) is 28.3. The number of nitrogens with zero attached hydrogens (tertiary/aromatic N) is 4. The number of hydrogen-bond donors (Lipinski definition) is 1. The Balaban J connectivity index is 2.17. The average molecular weight is 263 g/mol. The molecule has 1 N–H and O–H groups in total. The molecule has 0 spiro atoms. The van der Waals surface area contributed by atoms with Crippen molar-refractivity contribution in [3.8, 4) is 0 Å². The Bertz CT molecular complexity index is 733. The molecule has 0 bridgehead atoms. The maximum Gasteiger partial charge on any atom is 0.332 e. The lowest BCUT2D eigenvalue weighted by molar-refractivity contribution is 0.515. The molecule has 1 aliphatic rings. The van der Waals surface area contributed by atoms with Crippen LogP contribution in [-0.2, 0) is 20.6 Å². The average Bonchev–Trinajstić information content (AvgIpc) is 3.04. The summed E-state index contributed by atoms with van der Waals surface area (Å²) in [5, 5.41) is 3.39. The van der Waals surface area contributed by atoms with Gasteiger partial charge in [-0.25, -0.2) is 9.78 Å². The Hall–Kier alpha value is -1.89. The number of imidazole rings is 1. The van der Waals surface area contributed by atoms with Crippen molar-refractivity contribution < 1.29 is 0 Å². The van der Waals surface area contributed by atoms with Gasteiger partial charge in [-0.2, -0.15) is 0 Å². The van der Waals surface area contributed by atoms with Gasteiger partial charge in [0.2, 0.25) is 0 Å². The minimum absolute atomic E-state index is 0.284. The van der Waals surface area contributed by atoms with Crippen LogP contribution in [0.25, 0.3) is 11.2 Å². The van der Waals surface area contributed by atoms with Crippen molar-refractivity contribution in [2.45, 2.75) is 25.4 Å². The second kappa shape index (κ2) is 4.34. The molecule has 19 heavy (non-hydrogen) atoms. The van der Waals surface area contributed by atoms with Crippen LogP contribution in [0.1, 0.15) is 12.8 Å². The maximum absolute atomic E-state index is 12.2. The van der Waals surface area contributed by atoms with E-state index in [2.05, 4.69) is 10.3 Å². The monoisotopic (exact) mass is 263 g/mol. The molecule has 0 saturated carbocycles. The number of hydrogen-bond acceptors (Lipinski definition) is 4. The Kier molecular flexibility index (Phi) is 2.78. The van der Waals surface area contributed by atoms with Crippen molar-refractivity contribution in [1.82, 2.24) is 24.0 Å². The maximum atomic E-state index is 12.2. The molecule has 2 aromatic rings. The van der Waals surface area contributed by atoms with E-state index in [0.29, 0.717) is 23.8 Å². The summed E-state index contributed by atoms with van der Waals surface area (Å²) in [6.07, 6.45) is 3.91. The van der Waals surface area contributed by atoms with Gasteiger partial charge >= 0.3 is 5.69 Å². The first-order valence-corrected chi connectivity index (χ1v) is 6.44. The summed E-state index contributed by atoms with van der Waals surface area (Å²) >= 11 is 0. The van der Waals surface area contributed by atoms with Crippen LogP contribution in [0, 0.1) is 0 Å². The Morgan fingerprint density at radius 3 is 2.84 bits per heavy atom. The highest BCUT2D eigenvalue weighted by Crippen LogP contribution is 2.11. The molecule has 1 fully saturated rings. The van der Waals surface area contributed by atoms with Crippen LogP contribution < -0.4 is 16.6 Å². The van der Waals surface area contributed by atoms with Crippen molar-refractivity contribution >= 4 is 11.2 Å². The fraction of sp³-hybridized carbons (Fsp3) is 0.583. The van der Waals surface area contributed by atoms with E-state index in [1.54, 1.807) is 13.4 Å². The van der Waals surface area contributed by atoms with Crippen LogP contribution in [0.2, 0.25) is 0 Å². The van der Waals surface area contributed by atoms with Gasteiger partial charge in [-0.1, -0.05) is 0 Å². The minimum atomic E-state index is -0.346. The molecule has 1 saturated heterocycles. The largest absolute Gasteiger partial charge is 0.332 e. The summed E-state index contributed by atoms with van der Waals surface area (Å²) in [5.74, 6) is 0. The lowest BCUT2D eigenvalue weighted by Gasteiger charge is -2.11. The zero-order valence-electron chi connectivity index (χ0n) is 11.1. The third kappa shape index (κ3) is 1.81. The van der Waals surface area contributed by atoms with Crippen LogP contribution in [0.4, 0.5) is 0 Å². The quantitative estimate of drug-likeness (QED) is 0.768. The van der Waals surface area contributed by atoms with Gasteiger partial charge in [-0.15, -0.1) is 0 Å². The number of nitrogens with one attached hydrogen (secondary N) is 1. The molecular formula is C12H17N5O2. The highest BCUT2D eigenvalue weighted by atomic mass is 16.2. The molecule has 7 nitrogen and oxygen atoms in total. The van der Waals surface area contributed by atoms with E-state index < -0.39 is 0 Å². The van der Waals surface area contributed by atoms with Gasteiger partial charge < -0.3 is 9.88 Å². The zero-order valence-corrected chi connectivity index (χ0v) is 11.1. The number of rotatable bonds is 2. The molecule has 0 aliphatic carbocycles. The predicted octanol–water partition coefficient (Wildman–Crippen LogP) is -0.814. The van der Waals surface area contributed by atoms with Gasteiger partial charge in [0.25, 0.3) is 5.56 Å². The third-order valence-electron chi connectivity index (χ3n) is 3.80. The molecule has 0 radical (unpaired) electrons. The second-order valence-corrected chi connectivity index (χ2v) is 5.07. The van der Waals surface area contributed by atoms with Crippen LogP contribution in [0.5, 0.6) is 0 Å². The minimum Gasteiger partial charge on any atom is -0.323 e. The fourth-order valence-electron chi connectivity index (χ4n) is 2.69. The molecule has 7 heteroatoms. The van der Waals surface area contributed by atoms with Crippen molar-refractivity contribution in [2.24, 2.45) is 14.1 Å². The van der Waals surface area contributed by atoms with Crippen molar-refractivity contribution in [3.63, 3.8) is 0 Å². The lowest BCUT2D eigenvalue weighted by Crippen LogP contribution is -2.38. The van der Waals surface area contributed by atoms with E-state index in [0.717, 1.165) is 24.0 Å². The van der Waals surface area contributed by atoms with E-state index in [9.17, 15) is 9.59 Å². The topological polar surface area (TPSA) is 73.8 Å². The number of aryl methyl sites for hydroxylation is 1. The van der Waals surface area contributed by atoms with Crippen LogP contribution >= 0.6 is 0 Å². The van der Waals surface area contributed by atoms with Gasteiger partial charge in [0.05, 0.1) is 6.33 Å². The highest BCUT2D eigenvalue weighted by molar-refractivity contribution is 5.69. The number of aromatic nitrogens is 4. The third-order valence-corrected chi connectivity index (χ3v) is 3.80. The molecule has 1 unspecified atom stereocenters. The summed E-state index contributed by atoms with van der Waals surface area (Å²) in [6, 6.07) is 0.374. The van der Waals surface area contributed by atoms with E-state index >= 15 is 0 Å². The summed E-state index contributed by atoms with van der Waals surface area (Å²) in [6.45, 7) is 1.73. The molecule has 0 aromatic carbocycles. The first-order chi connectivity index (χ1) is 9.09. The van der Waals surface area contributed by atoms with Crippen LogP contribution in [0.15, 0.2) is 15.9 Å². The van der Waals surface area contributed by atoms with Crippen LogP contribution in [0.3, 0.4) is 0 Å². The van der Waals surface area contributed by atoms with Gasteiger partial charge in [0.15, 0.2) is 11.2 Å². The normalized spacial score (nSPS) is 19.4. The van der Waals surface area contributed by atoms with Gasteiger partial charge in [0, 0.05) is 26.7 Å². The summed E-state index contributed by atoms with van der Waals surface area (Å²) in [5.41, 5.74) is 0.319. The van der Waals surface area contributed by atoms with E-state index in [1.165, 1.54) is 11.6 Å². The predicted molar refractivity (Wildman–Crippen MR) is 71.2 cm³/mol. The van der Waals surface area contributed by atoms with E-state index in [1.807, 2.05) is 4.57 Å². The molecular weight excluding hydrogens is 246 g/mol. The number of fused-ring (bicyclic) bond motifs is 1. The molecule has 1 atom stereocenters. The van der Waals surface area contributed by atoms with Gasteiger partial charge in [-0.3, -0.25) is 13.9 Å². The second-order valence-electron chi connectivity index (χ2n) is 5.07. The van der Waals surface area contributed by atoms with Crippen molar-refractivity contribution in [3.05, 3.63) is 27.2 Å². The molecule has 0 amide bonds. The Labute approximate surface area is 109 Å². The Morgan fingerprint density at radius 2 is 2.16 bits per heavy atom. The van der Waals surface area contributed by atoms with E-state index in [4.69, 9.17) is 0 Å². The van der Waals surface area contributed by atoms with Crippen LogP contribution in [-0.4, -0.2) is 31.3 Å². The molecule has 2 aromatic heterocycles. The molecule has 3 rings (SSSR count). The first kappa shape index (κ1) is 12.2. The highest BCUT2D eigenvalue weighted by Gasteiger charge is 2.19. The lowest BCUT2D eigenvalue weighted by atomic mass is 10.2. The zero-order chi connectivity index (χ0) is 13.6. The summed E-state index contributed by atoms with van der Waals surface area (Å²) < 4.78 is 4.39. The fourth-order valence-corrected chi connectivity index (χ4v) is 2.69. The van der Waals surface area contributed by atoms with Crippen molar-refractivity contribution in [1.29, 1.82) is 0 Å². The standard InChI is InChI=1S/C12H17N5O2/c1-15-10-9(11(18)16(2)12(15)19)17(7-14-10)6-8-4-3-5-13-8/h7-8,13H,3-6H2,1-2H3. The SMILES string of the molecule is Cn1c(=O)c2c(ncn2CC2CCCN2)n(C)c1=O. The van der Waals surface area contributed by atoms with E-state index in [-0.39, 0.29) is 11.2 Å². The molecule has 1 aliphatic heterocycles. The molecule has 102 valence electrons. The smallest absolute Gasteiger partial charge is 0.323 e. The Morgan fingerprint density at radius 1 is 1.37 bits per heavy atom. The first-order valence-electron chi connectivity index (χ1n) is 6.44. The molecule has 3 heterocycles.